The Bertz CT molecular complexity index is 1030. The predicted molar refractivity (Wildman–Crippen MR) is 94.8 cm³/mol. The first-order valence-corrected chi connectivity index (χ1v) is 7.98. The number of carbonyl (C=O) groups excluding carboxylic acids is 1. The van der Waals surface area contributed by atoms with Crippen LogP contribution in [0.1, 0.15) is 0 Å². The van der Waals surface area contributed by atoms with Gasteiger partial charge < -0.3 is 13.9 Å². The minimum atomic E-state index is -0.502. The molecular formula is C20H14N2O4. The van der Waals surface area contributed by atoms with Gasteiger partial charge in [-0.15, -0.1) is 0 Å². The van der Waals surface area contributed by atoms with Crippen molar-refractivity contribution < 1.29 is 18.7 Å². The lowest BCUT2D eigenvalue weighted by molar-refractivity contribution is -0.136. The Hall–Kier alpha value is -3.67. The van der Waals surface area contributed by atoms with E-state index in [0.29, 0.717) is 34.2 Å². The van der Waals surface area contributed by atoms with Crippen LogP contribution < -0.4 is 9.47 Å². The van der Waals surface area contributed by atoms with Crippen molar-refractivity contribution in [3.8, 4) is 23.1 Å². The summed E-state index contributed by atoms with van der Waals surface area (Å²) in [6.45, 7) is -0.183. The molecule has 2 aromatic carbocycles. The summed E-state index contributed by atoms with van der Waals surface area (Å²) in [4.78, 5) is 20.5. The second-order valence-corrected chi connectivity index (χ2v) is 5.44. The predicted octanol–water partition coefficient (Wildman–Crippen LogP) is 3.87. The Kier molecular flexibility index (Phi) is 4.30. The Morgan fingerprint density at radius 2 is 1.81 bits per heavy atom. The molecule has 4 aromatic rings. The summed E-state index contributed by atoms with van der Waals surface area (Å²) >= 11 is 0. The van der Waals surface area contributed by atoms with Crippen LogP contribution >= 0.6 is 0 Å². The zero-order chi connectivity index (χ0) is 17.8. The smallest absolute Gasteiger partial charge is 0.349 e. The van der Waals surface area contributed by atoms with Crippen LogP contribution in [0.15, 0.2) is 77.3 Å². The Morgan fingerprint density at radius 1 is 0.962 bits per heavy atom. The molecule has 0 saturated heterocycles. The maximum atomic E-state index is 11.9. The van der Waals surface area contributed by atoms with Gasteiger partial charge in [0.05, 0.1) is 0 Å². The summed E-state index contributed by atoms with van der Waals surface area (Å²) in [5.74, 6) is 0.882. The summed E-state index contributed by atoms with van der Waals surface area (Å²) in [7, 11) is 0. The summed E-state index contributed by atoms with van der Waals surface area (Å²) in [6, 6.07) is 19.6. The molecular weight excluding hydrogens is 332 g/mol. The van der Waals surface area contributed by atoms with Crippen LogP contribution in [0.3, 0.4) is 0 Å². The van der Waals surface area contributed by atoms with Gasteiger partial charge in [0, 0.05) is 12.3 Å². The van der Waals surface area contributed by atoms with Gasteiger partial charge in [-0.25, -0.2) is 9.78 Å². The van der Waals surface area contributed by atoms with Crippen LogP contribution in [-0.2, 0) is 4.79 Å². The monoisotopic (exact) mass is 346 g/mol. The fourth-order valence-electron chi connectivity index (χ4n) is 2.39. The van der Waals surface area contributed by atoms with E-state index in [4.69, 9.17) is 13.9 Å². The molecule has 26 heavy (non-hydrogen) atoms. The number of carbonyl (C=O) groups is 1. The van der Waals surface area contributed by atoms with Crippen molar-refractivity contribution in [3.63, 3.8) is 0 Å². The normalized spacial score (nSPS) is 10.6. The number of ether oxygens (including phenoxy) is 2. The van der Waals surface area contributed by atoms with Gasteiger partial charge in [-0.1, -0.05) is 24.3 Å². The molecule has 128 valence electrons. The van der Waals surface area contributed by atoms with Crippen LogP contribution in [-0.4, -0.2) is 22.5 Å². The number of nitrogens with zero attached hydrogens (tertiary/aromatic N) is 2. The molecule has 0 unspecified atom stereocenters. The Balaban J connectivity index is 1.46. The van der Waals surface area contributed by atoms with Crippen molar-refractivity contribution in [2.24, 2.45) is 0 Å². The summed E-state index contributed by atoms with van der Waals surface area (Å²) < 4.78 is 16.4. The Labute approximate surface area is 149 Å². The topological polar surface area (TPSA) is 74.5 Å². The molecule has 0 amide bonds. The molecule has 0 aliphatic carbocycles. The molecule has 0 N–H and O–H groups in total. The highest BCUT2D eigenvalue weighted by molar-refractivity contribution is 5.79. The number of fused-ring (bicyclic) bond motifs is 1. The van der Waals surface area contributed by atoms with Gasteiger partial charge in [0.2, 0.25) is 5.89 Å². The zero-order valence-corrected chi connectivity index (χ0v) is 13.7. The lowest BCUT2D eigenvalue weighted by atomic mass is 10.3. The van der Waals surface area contributed by atoms with Crippen LogP contribution in [0.5, 0.6) is 11.5 Å². The van der Waals surface area contributed by atoms with Crippen LogP contribution in [0.2, 0.25) is 0 Å². The fraction of sp³-hybridized carbons (Fsp3) is 0.0500. The standard InChI is InChI=1S/C20H14N2O4/c23-19(13-24-14-6-2-1-3-7-14)25-15-9-10-16-18(12-15)26-20(22-16)17-8-4-5-11-21-17/h1-12H,13H2. The summed E-state index contributed by atoms with van der Waals surface area (Å²) in [5, 5.41) is 0. The van der Waals surface area contributed by atoms with Crippen LogP contribution in [0, 0.1) is 0 Å². The maximum Gasteiger partial charge on any atom is 0.349 e. The van der Waals surface area contributed by atoms with Gasteiger partial charge in [0.15, 0.2) is 12.2 Å². The summed E-state index contributed by atoms with van der Waals surface area (Å²) in [6.07, 6.45) is 1.67. The third kappa shape index (κ3) is 3.54. The molecule has 0 fully saturated rings. The van der Waals surface area contributed by atoms with E-state index in [0.717, 1.165) is 0 Å². The van der Waals surface area contributed by atoms with Crippen molar-refractivity contribution in [2.45, 2.75) is 0 Å². The first kappa shape index (κ1) is 15.8. The first-order valence-electron chi connectivity index (χ1n) is 7.98. The highest BCUT2D eigenvalue weighted by atomic mass is 16.6. The van der Waals surface area contributed by atoms with Gasteiger partial charge in [-0.3, -0.25) is 4.98 Å². The second kappa shape index (κ2) is 7.06. The second-order valence-electron chi connectivity index (χ2n) is 5.44. The van der Waals surface area contributed by atoms with E-state index >= 15 is 0 Å². The number of hydrogen-bond donors (Lipinski definition) is 0. The van der Waals surface area contributed by atoms with E-state index in [1.54, 1.807) is 36.5 Å². The van der Waals surface area contributed by atoms with E-state index in [1.807, 2.05) is 36.4 Å². The molecule has 0 aliphatic rings. The lowest BCUT2D eigenvalue weighted by Gasteiger charge is -2.06. The van der Waals surface area contributed by atoms with Crippen molar-refractivity contribution in [1.29, 1.82) is 0 Å². The molecule has 2 aromatic heterocycles. The van der Waals surface area contributed by atoms with Crippen molar-refractivity contribution in [2.75, 3.05) is 6.61 Å². The molecule has 0 spiro atoms. The molecule has 6 nitrogen and oxygen atoms in total. The van der Waals surface area contributed by atoms with Crippen LogP contribution in [0.4, 0.5) is 0 Å². The van der Waals surface area contributed by atoms with Crippen molar-refractivity contribution in [1.82, 2.24) is 9.97 Å². The molecule has 2 heterocycles. The highest BCUT2D eigenvalue weighted by Crippen LogP contribution is 2.26. The van der Waals surface area contributed by atoms with E-state index in [-0.39, 0.29) is 6.61 Å². The lowest BCUT2D eigenvalue weighted by Crippen LogP contribution is -2.17. The molecule has 0 aliphatic heterocycles. The van der Waals surface area contributed by atoms with E-state index in [2.05, 4.69) is 9.97 Å². The van der Waals surface area contributed by atoms with E-state index < -0.39 is 5.97 Å². The molecule has 0 atom stereocenters. The number of para-hydroxylation sites is 1. The number of aromatic nitrogens is 2. The van der Waals surface area contributed by atoms with Gasteiger partial charge in [0.25, 0.3) is 0 Å². The molecule has 0 saturated carbocycles. The van der Waals surface area contributed by atoms with Gasteiger partial charge in [0.1, 0.15) is 22.7 Å². The fourth-order valence-corrected chi connectivity index (χ4v) is 2.39. The van der Waals surface area contributed by atoms with Gasteiger partial charge in [-0.05, 0) is 36.4 Å². The number of hydrogen-bond acceptors (Lipinski definition) is 6. The minimum absolute atomic E-state index is 0.183. The SMILES string of the molecule is O=C(COc1ccccc1)Oc1ccc2nc(-c3ccccn3)oc2c1. The minimum Gasteiger partial charge on any atom is -0.482 e. The average molecular weight is 346 g/mol. The maximum absolute atomic E-state index is 11.9. The highest BCUT2D eigenvalue weighted by Gasteiger charge is 2.12. The van der Waals surface area contributed by atoms with E-state index in [9.17, 15) is 4.79 Å². The number of benzene rings is 2. The van der Waals surface area contributed by atoms with Gasteiger partial charge >= 0.3 is 5.97 Å². The number of oxazole rings is 1. The number of pyridine rings is 1. The summed E-state index contributed by atoms with van der Waals surface area (Å²) in [5.41, 5.74) is 1.81. The molecule has 0 radical (unpaired) electrons. The third-order valence-corrected chi connectivity index (χ3v) is 3.58. The quantitative estimate of drug-likeness (QED) is 0.403. The zero-order valence-electron chi connectivity index (χ0n) is 13.7. The largest absolute Gasteiger partial charge is 0.482 e. The first-order chi connectivity index (χ1) is 12.8. The molecule has 6 heteroatoms. The number of esters is 1. The third-order valence-electron chi connectivity index (χ3n) is 3.58. The Morgan fingerprint density at radius 3 is 2.62 bits per heavy atom. The van der Waals surface area contributed by atoms with E-state index in [1.165, 1.54) is 0 Å². The number of rotatable bonds is 5. The average Bonchev–Trinajstić information content (AvgIpc) is 3.11. The van der Waals surface area contributed by atoms with Crippen molar-refractivity contribution >= 4 is 17.1 Å². The molecule has 0 bridgehead atoms. The van der Waals surface area contributed by atoms with Gasteiger partial charge in [-0.2, -0.15) is 0 Å². The van der Waals surface area contributed by atoms with Crippen molar-refractivity contribution in [3.05, 3.63) is 72.9 Å². The molecule has 4 rings (SSSR count). The van der Waals surface area contributed by atoms with Crippen LogP contribution in [0.25, 0.3) is 22.7 Å².